The number of nitrogens with one attached hydrogen (secondary N) is 1. The molecule has 2 rings (SSSR count). The number of benzene rings is 1. The predicted octanol–water partition coefficient (Wildman–Crippen LogP) is 1.95. The quantitative estimate of drug-likeness (QED) is 0.867. The van der Waals surface area contributed by atoms with Gasteiger partial charge in [-0.25, -0.2) is 0 Å². The van der Waals surface area contributed by atoms with Crippen LogP contribution in [0.15, 0.2) is 18.2 Å². The van der Waals surface area contributed by atoms with E-state index in [1.165, 1.54) is 0 Å². The van der Waals surface area contributed by atoms with E-state index in [4.69, 9.17) is 9.47 Å². The van der Waals surface area contributed by atoms with Crippen molar-refractivity contribution in [2.75, 3.05) is 39.9 Å². The number of hydrogen-bond acceptors (Lipinski definition) is 5. The van der Waals surface area contributed by atoms with E-state index >= 15 is 0 Å². The molecule has 1 aromatic carbocycles. The van der Waals surface area contributed by atoms with Crippen molar-refractivity contribution < 1.29 is 9.47 Å². The highest BCUT2D eigenvalue weighted by molar-refractivity contribution is 5.45. The lowest BCUT2D eigenvalue weighted by atomic mass is 10.0. The summed E-state index contributed by atoms with van der Waals surface area (Å²) < 4.78 is 11.1. The second kappa shape index (κ2) is 7.87. The highest BCUT2D eigenvalue weighted by atomic mass is 16.5. The fourth-order valence-electron chi connectivity index (χ4n) is 2.49. The summed E-state index contributed by atoms with van der Waals surface area (Å²) in [5.74, 6) is 1.43. The number of ether oxygens (including phenoxy) is 2. The Kier molecular flexibility index (Phi) is 5.85. The van der Waals surface area contributed by atoms with Gasteiger partial charge in [-0.15, -0.1) is 0 Å². The first kappa shape index (κ1) is 15.6. The summed E-state index contributed by atoms with van der Waals surface area (Å²) in [6.07, 6.45) is 0.951. The van der Waals surface area contributed by atoms with Crippen LogP contribution in [0.4, 0.5) is 0 Å². The number of hydrogen-bond donors (Lipinski definition) is 1. The smallest absolute Gasteiger partial charge is 0.161 e. The molecule has 1 aliphatic rings. The molecule has 0 aliphatic carbocycles. The molecule has 1 atom stereocenters. The number of methoxy groups -OCH3 is 1. The first-order valence-corrected chi connectivity index (χ1v) is 7.45. The Morgan fingerprint density at radius 1 is 1.33 bits per heavy atom. The summed E-state index contributed by atoms with van der Waals surface area (Å²) >= 11 is 0. The van der Waals surface area contributed by atoms with Crippen LogP contribution in [0.2, 0.25) is 0 Å². The minimum atomic E-state index is -0.235. The van der Waals surface area contributed by atoms with Gasteiger partial charge in [0, 0.05) is 26.2 Å². The normalized spacial score (nSPS) is 17.0. The Morgan fingerprint density at radius 3 is 2.71 bits per heavy atom. The van der Waals surface area contributed by atoms with E-state index in [-0.39, 0.29) is 6.04 Å². The van der Waals surface area contributed by atoms with Crippen LogP contribution in [0.25, 0.3) is 0 Å². The summed E-state index contributed by atoms with van der Waals surface area (Å²) in [5.41, 5.74) is 0.958. The van der Waals surface area contributed by atoms with Crippen LogP contribution in [-0.4, -0.2) is 44.8 Å². The van der Waals surface area contributed by atoms with Crippen molar-refractivity contribution in [3.63, 3.8) is 0 Å². The SMILES string of the molecule is CCCOc1ccc(C(C#N)N2CCNCC2)cc1OC. The maximum Gasteiger partial charge on any atom is 0.161 e. The Labute approximate surface area is 126 Å². The molecule has 1 N–H and O–H groups in total. The molecular formula is C16H23N3O2. The maximum atomic E-state index is 9.52. The first-order chi connectivity index (χ1) is 10.3. The molecule has 1 aliphatic heterocycles. The lowest BCUT2D eigenvalue weighted by Crippen LogP contribution is -2.44. The molecule has 0 aromatic heterocycles. The molecule has 0 saturated carbocycles. The van der Waals surface area contributed by atoms with Crippen LogP contribution >= 0.6 is 0 Å². The fourth-order valence-corrected chi connectivity index (χ4v) is 2.49. The van der Waals surface area contributed by atoms with Gasteiger partial charge in [-0.3, -0.25) is 4.90 Å². The molecule has 21 heavy (non-hydrogen) atoms. The van der Waals surface area contributed by atoms with Gasteiger partial charge < -0.3 is 14.8 Å². The molecule has 0 amide bonds. The second-order valence-electron chi connectivity index (χ2n) is 5.08. The Balaban J connectivity index is 2.19. The van der Waals surface area contributed by atoms with Crippen molar-refractivity contribution in [3.8, 4) is 17.6 Å². The van der Waals surface area contributed by atoms with E-state index in [9.17, 15) is 5.26 Å². The van der Waals surface area contributed by atoms with Gasteiger partial charge in [0.15, 0.2) is 11.5 Å². The van der Waals surface area contributed by atoms with Crippen molar-refractivity contribution >= 4 is 0 Å². The van der Waals surface area contributed by atoms with Crippen molar-refractivity contribution in [1.82, 2.24) is 10.2 Å². The van der Waals surface area contributed by atoms with Crippen LogP contribution in [0, 0.1) is 11.3 Å². The van der Waals surface area contributed by atoms with Gasteiger partial charge in [-0.1, -0.05) is 13.0 Å². The van der Waals surface area contributed by atoms with Crippen molar-refractivity contribution in [1.29, 1.82) is 5.26 Å². The molecule has 0 radical (unpaired) electrons. The van der Waals surface area contributed by atoms with Crippen molar-refractivity contribution in [2.24, 2.45) is 0 Å². The number of nitriles is 1. The van der Waals surface area contributed by atoms with Gasteiger partial charge >= 0.3 is 0 Å². The Bertz CT molecular complexity index is 493. The summed E-state index contributed by atoms with van der Waals surface area (Å²) in [6, 6.07) is 7.95. The van der Waals surface area contributed by atoms with E-state index in [0.29, 0.717) is 12.4 Å². The molecule has 1 unspecified atom stereocenters. The van der Waals surface area contributed by atoms with Gasteiger partial charge in [0.05, 0.1) is 19.8 Å². The first-order valence-electron chi connectivity index (χ1n) is 7.45. The molecule has 1 fully saturated rings. The summed E-state index contributed by atoms with van der Waals surface area (Å²) in [7, 11) is 1.63. The van der Waals surface area contributed by atoms with Crippen molar-refractivity contribution in [3.05, 3.63) is 23.8 Å². The van der Waals surface area contributed by atoms with Crippen molar-refractivity contribution in [2.45, 2.75) is 19.4 Å². The molecule has 1 saturated heterocycles. The van der Waals surface area contributed by atoms with E-state index in [0.717, 1.165) is 43.9 Å². The van der Waals surface area contributed by atoms with Crippen LogP contribution in [-0.2, 0) is 0 Å². The van der Waals surface area contributed by atoms with Crippen LogP contribution in [0.3, 0.4) is 0 Å². The van der Waals surface area contributed by atoms with E-state index in [1.54, 1.807) is 7.11 Å². The average molecular weight is 289 g/mol. The third kappa shape index (κ3) is 3.87. The second-order valence-corrected chi connectivity index (χ2v) is 5.08. The molecule has 5 heteroatoms. The number of piperazine rings is 1. The Morgan fingerprint density at radius 2 is 2.10 bits per heavy atom. The maximum absolute atomic E-state index is 9.52. The molecule has 5 nitrogen and oxygen atoms in total. The number of nitrogens with zero attached hydrogens (tertiary/aromatic N) is 2. The lowest BCUT2D eigenvalue weighted by molar-refractivity contribution is 0.207. The third-order valence-corrected chi connectivity index (χ3v) is 3.60. The van der Waals surface area contributed by atoms with Gasteiger partial charge in [-0.05, 0) is 24.1 Å². The standard InChI is InChI=1S/C16H23N3O2/c1-3-10-21-15-5-4-13(11-16(15)20-2)14(12-17)19-8-6-18-7-9-19/h4-5,11,14,18H,3,6-10H2,1-2H3. The molecule has 1 heterocycles. The summed E-state index contributed by atoms with van der Waals surface area (Å²) in [4.78, 5) is 2.19. The highest BCUT2D eigenvalue weighted by Crippen LogP contribution is 2.32. The third-order valence-electron chi connectivity index (χ3n) is 3.60. The largest absolute Gasteiger partial charge is 0.493 e. The minimum absolute atomic E-state index is 0.235. The highest BCUT2D eigenvalue weighted by Gasteiger charge is 2.22. The molecule has 0 bridgehead atoms. The zero-order valence-corrected chi connectivity index (χ0v) is 12.8. The molecule has 1 aromatic rings. The average Bonchev–Trinajstić information content (AvgIpc) is 2.55. The van der Waals surface area contributed by atoms with E-state index in [1.807, 2.05) is 18.2 Å². The van der Waals surface area contributed by atoms with Gasteiger partial charge in [-0.2, -0.15) is 5.26 Å². The van der Waals surface area contributed by atoms with Crippen LogP contribution in [0.1, 0.15) is 24.9 Å². The predicted molar refractivity (Wildman–Crippen MR) is 81.6 cm³/mol. The summed E-state index contributed by atoms with van der Waals surface area (Å²) in [5, 5.41) is 12.8. The minimum Gasteiger partial charge on any atom is -0.493 e. The lowest BCUT2D eigenvalue weighted by Gasteiger charge is -2.31. The fraction of sp³-hybridized carbons (Fsp3) is 0.562. The topological polar surface area (TPSA) is 57.5 Å². The van der Waals surface area contributed by atoms with Crippen LogP contribution in [0.5, 0.6) is 11.5 Å². The zero-order valence-electron chi connectivity index (χ0n) is 12.8. The van der Waals surface area contributed by atoms with Crippen LogP contribution < -0.4 is 14.8 Å². The molecule has 0 spiro atoms. The van der Waals surface area contributed by atoms with Gasteiger partial charge in [0.1, 0.15) is 6.04 Å². The molecular weight excluding hydrogens is 266 g/mol. The van der Waals surface area contributed by atoms with Gasteiger partial charge in [0.25, 0.3) is 0 Å². The molecule has 114 valence electrons. The van der Waals surface area contributed by atoms with E-state index < -0.39 is 0 Å². The monoisotopic (exact) mass is 289 g/mol. The van der Waals surface area contributed by atoms with E-state index in [2.05, 4.69) is 23.2 Å². The zero-order chi connectivity index (χ0) is 15.1. The van der Waals surface area contributed by atoms with Gasteiger partial charge in [0.2, 0.25) is 0 Å². The summed E-state index contributed by atoms with van der Waals surface area (Å²) in [6.45, 7) is 6.34. The Hall–Kier alpha value is -1.77. The number of rotatable bonds is 6.